The van der Waals surface area contributed by atoms with Gasteiger partial charge in [0.25, 0.3) is 0 Å². The Hall–Kier alpha value is 2.56. The summed E-state index contributed by atoms with van der Waals surface area (Å²) in [7, 11) is 0. The Morgan fingerprint density at radius 1 is 1.50 bits per heavy atom. The summed E-state index contributed by atoms with van der Waals surface area (Å²) in [6.07, 6.45) is 0. The van der Waals surface area contributed by atoms with Gasteiger partial charge in [-0.1, -0.05) is 0 Å². The maximum absolute atomic E-state index is 7.57. The van der Waals surface area contributed by atoms with Gasteiger partial charge in [-0.2, -0.15) is 0 Å². The van der Waals surface area contributed by atoms with Crippen LogP contribution in [0.25, 0.3) is 0 Å². The second-order valence-corrected chi connectivity index (χ2v) is 0.316. The second-order valence-electron chi connectivity index (χ2n) is 0.316. The molecule has 0 radical (unpaired) electrons. The van der Waals surface area contributed by atoms with E-state index in [1.807, 2.05) is 0 Å². The van der Waals surface area contributed by atoms with Gasteiger partial charge in [0.1, 0.15) is 0 Å². The molecule has 0 fully saturated rings. The van der Waals surface area contributed by atoms with Crippen molar-refractivity contribution in [2.45, 2.75) is 6.92 Å². The summed E-state index contributed by atoms with van der Waals surface area (Å²) >= 11 is 0. The zero-order chi connectivity index (χ0) is 2.71. The molecule has 0 aromatic heterocycles. The molecule has 4 heteroatoms. The number of hydrogen-bond donors (Lipinski definition) is 1. The van der Waals surface area contributed by atoms with Crippen molar-refractivity contribution in [2.24, 2.45) is 0 Å². The molecule has 0 unspecified atom stereocenters. The molecule has 0 aliphatic carbocycles. The van der Waals surface area contributed by atoms with Crippen molar-refractivity contribution >= 4 is 80.9 Å². The SMILES string of the molecule is CCO.O.[KH].[NaH]. The third-order valence-electron chi connectivity index (χ3n) is 0. The molecule has 0 aliphatic rings. The Morgan fingerprint density at radius 3 is 1.50 bits per heavy atom. The van der Waals surface area contributed by atoms with E-state index in [-0.39, 0.29) is 93.0 Å². The van der Waals surface area contributed by atoms with Gasteiger partial charge in [-0.3, -0.25) is 0 Å². The van der Waals surface area contributed by atoms with Crippen molar-refractivity contribution in [3.8, 4) is 0 Å². The Morgan fingerprint density at radius 2 is 1.50 bits per heavy atom. The molecule has 0 atom stereocenters. The second kappa shape index (κ2) is 25.7. The Kier molecular flexibility index (Phi) is 101. The van der Waals surface area contributed by atoms with Gasteiger partial charge in [-0.05, 0) is 6.92 Å². The number of aliphatic hydroxyl groups is 1. The zero-order valence-electron chi connectivity index (χ0n) is 2.65. The molecule has 0 aromatic rings. The van der Waals surface area contributed by atoms with Crippen LogP contribution in [-0.2, 0) is 0 Å². The van der Waals surface area contributed by atoms with E-state index in [9.17, 15) is 0 Å². The summed E-state index contributed by atoms with van der Waals surface area (Å²) in [6.45, 7) is 1.93. The van der Waals surface area contributed by atoms with Crippen LogP contribution in [0.1, 0.15) is 6.92 Å². The molecular weight excluding hydrogens is 118 g/mol. The van der Waals surface area contributed by atoms with E-state index in [1.165, 1.54) is 0 Å². The van der Waals surface area contributed by atoms with Crippen LogP contribution < -0.4 is 0 Å². The van der Waals surface area contributed by atoms with Gasteiger partial charge >= 0.3 is 80.9 Å². The van der Waals surface area contributed by atoms with Crippen LogP contribution in [-0.4, -0.2) is 98.1 Å². The molecule has 32 valence electrons. The van der Waals surface area contributed by atoms with E-state index in [0.717, 1.165) is 0 Å². The van der Waals surface area contributed by atoms with Gasteiger partial charge < -0.3 is 10.6 Å². The van der Waals surface area contributed by atoms with Crippen LogP contribution in [0.4, 0.5) is 0 Å². The minimum absolute atomic E-state index is 0. The summed E-state index contributed by atoms with van der Waals surface area (Å²) < 4.78 is 0. The van der Waals surface area contributed by atoms with Gasteiger partial charge in [-0.15, -0.1) is 0 Å². The van der Waals surface area contributed by atoms with Crippen molar-refractivity contribution < 1.29 is 10.6 Å². The third kappa shape index (κ3) is 31.0. The van der Waals surface area contributed by atoms with Crippen molar-refractivity contribution in [3.05, 3.63) is 0 Å². The average molecular weight is 128 g/mol. The van der Waals surface area contributed by atoms with Gasteiger partial charge in [0.15, 0.2) is 0 Å². The van der Waals surface area contributed by atoms with Crippen LogP contribution in [0, 0.1) is 0 Å². The average Bonchev–Trinajstić information content (AvgIpc) is 0.918. The molecule has 0 spiro atoms. The van der Waals surface area contributed by atoms with E-state index < -0.39 is 0 Å². The topological polar surface area (TPSA) is 51.7 Å². The fourth-order valence-electron chi connectivity index (χ4n) is 0. The number of aliphatic hydroxyl groups excluding tert-OH is 1. The van der Waals surface area contributed by atoms with E-state index in [2.05, 4.69) is 0 Å². The molecule has 2 nitrogen and oxygen atoms in total. The van der Waals surface area contributed by atoms with Crippen molar-refractivity contribution in [2.75, 3.05) is 6.61 Å². The molecule has 0 amide bonds. The van der Waals surface area contributed by atoms with E-state index in [1.54, 1.807) is 6.92 Å². The van der Waals surface area contributed by atoms with Crippen molar-refractivity contribution in [3.63, 3.8) is 0 Å². The summed E-state index contributed by atoms with van der Waals surface area (Å²) in [5.74, 6) is 0. The van der Waals surface area contributed by atoms with Gasteiger partial charge in [0.05, 0.1) is 0 Å². The summed E-state index contributed by atoms with van der Waals surface area (Å²) in [6, 6.07) is 0. The van der Waals surface area contributed by atoms with Crippen LogP contribution >= 0.6 is 0 Å². The fraction of sp³-hybridized carbons (Fsp3) is 1.00. The van der Waals surface area contributed by atoms with Crippen LogP contribution in [0.5, 0.6) is 0 Å². The van der Waals surface area contributed by atoms with Crippen molar-refractivity contribution in [1.29, 1.82) is 0 Å². The molecule has 0 aliphatic heterocycles. The Labute approximate surface area is 103 Å². The molecule has 0 rings (SSSR count). The molecule has 6 heavy (non-hydrogen) atoms. The Bertz CT molecular complexity index is 11.5. The summed E-state index contributed by atoms with van der Waals surface area (Å²) in [5.41, 5.74) is 0. The predicted octanol–water partition coefficient (Wildman–Crippen LogP) is -2.12. The fourth-order valence-corrected chi connectivity index (χ4v) is 0. The van der Waals surface area contributed by atoms with E-state index in [4.69, 9.17) is 5.11 Å². The zero-order valence-corrected chi connectivity index (χ0v) is 2.65. The quantitative estimate of drug-likeness (QED) is 0.372. The van der Waals surface area contributed by atoms with Crippen LogP contribution in [0.3, 0.4) is 0 Å². The van der Waals surface area contributed by atoms with Crippen molar-refractivity contribution in [1.82, 2.24) is 0 Å². The normalized spacial score (nSPS) is 3.00. The van der Waals surface area contributed by atoms with Gasteiger partial charge in [0.2, 0.25) is 0 Å². The third-order valence-corrected chi connectivity index (χ3v) is 0. The number of rotatable bonds is 0. The monoisotopic (exact) mass is 128 g/mol. The first-order valence-electron chi connectivity index (χ1n) is 1.02. The molecule has 0 saturated carbocycles. The van der Waals surface area contributed by atoms with Crippen LogP contribution in [0.2, 0.25) is 0 Å². The van der Waals surface area contributed by atoms with Gasteiger partial charge in [-0.25, -0.2) is 0 Å². The molecular formula is C2H10KNaO2. The van der Waals surface area contributed by atoms with Gasteiger partial charge in [0, 0.05) is 6.61 Å². The van der Waals surface area contributed by atoms with E-state index >= 15 is 0 Å². The van der Waals surface area contributed by atoms with Crippen LogP contribution in [0.15, 0.2) is 0 Å². The van der Waals surface area contributed by atoms with E-state index in [0.29, 0.717) is 0 Å². The standard InChI is InChI=1S/C2H6O.K.Na.H2O.2H/c1-2-3;;;;;/h3H,2H2,1H3;;;1H2;;. The molecule has 0 saturated heterocycles. The molecule has 0 bridgehead atoms. The molecule has 0 aromatic carbocycles. The first kappa shape index (κ1) is 23.5. The summed E-state index contributed by atoms with van der Waals surface area (Å²) in [5, 5.41) is 7.57. The Balaban J connectivity index is -0.00000000667. The molecule has 0 heterocycles. The first-order valence-corrected chi connectivity index (χ1v) is 1.02. The molecule has 3 N–H and O–H groups in total. The summed E-state index contributed by atoms with van der Waals surface area (Å²) in [4.78, 5) is 0. The first-order chi connectivity index (χ1) is 1.41. The predicted molar refractivity (Wildman–Crippen MR) is 30.7 cm³/mol. The minimum atomic E-state index is 0. The maximum atomic E-state index is 7.57. The number of hydrogen-bond acceptors (Lipinski definition) is 1.